The Balaban J connectivity index is 1.71. The van der Waals surface area contributed by atoms with Crippen molar-refractivity contribution in [2.75, 3.05) is 14.2 Å². The fraction of sp³-hybridized carbons (Fsp3) is 0.240. The number of rotatable bonds is 7. The number of imidazole rings is 1. The molecule has 8 nitrogen and oxygen atoms in total. The molecule has 0 unspecified atom stereocenters. The molecule has 0 bridgehead atoms. The summed E-state index contributed by atoms with van der Waals surface area (Å²) in [6.45, 7) is 3.84. The Morgan fingerprint density at radius 2 is 1.85 bits per heavy atom. The molecule has 0 aliphatic carbocycles. The Hall–Kier alpha value is -3.56. The van der Waals surface area contributed by atoms with E-state index in [2.05, 4.69) is 9.97 Å². The van der Waals surface area contributed by atoms with Crippen molar-refractivity contribution in [1.82, 2.24) is 14.5 Å². The number of benzene rings is 2. The second-order valence-electron chi connectivity index (χ2n) is 7.66. The highest BCUT2D eigenvalue weighted by atomic mass is 32.2. The maximum absolute atomic E-state index is 13.5. The lowest BCUT2D eigenvalue weighted by molar-refractivity contribution is 0.140. The SMILES string of the molecule is COc1ccc2nc([S@@+]([O-])Cc3ncc(C)c(OC)c3C)n(C(=O)OCc3ccccc3)c2c1. The van der Waals surface area contributed by atoms with Crippen LogP contribution in [0, 0.1) is 13.8 Å². The summed E-state index contributed by atoms with van der Waals surface area (Å²) < 4.78 is 31.1. The van der Waals surface area contributed by atoms with E-state index in [4.69, 9.17) is 14.2 Å². The van der Waals surface area contributed by atoms with E-state index in [1.807, 2.05) is 44.2 Å². The molecule has 0 aliphatic rings. The normalized spacial score (nSPS) is 11.9. The first kappa shape index (κ1) is 23.6. The summed E-state index contributed by atoms with van der Waals surface area (Å²) in [6.07, 6.45) is 1.01. The third kappa shape index (κ3) is 4.71. The van der Waals surface area contributed by atoms with E-state index in [1.54, 1.807) is 31.5 Å². The molecule has 2 aromatic heterocycles. The first-order chi connectivity index (χ1) is 16.4. The van der Waals surface area contributed by atoms with Gasteiger partial charge in [-0.15, -0.1) is 0 Å². The maximum Gasteiger partial charge on any atom is 0.424 e. The third-order valence-corrected chi connectivity index (χ3v) is 6.66. The molecule has 0 saturated heterocycles. The lowest BCUT2D eigenvalue weighted by Crippen LogP contribution is -2.21. The van der Waals surface area contributed by atoms with Gasteiger partial charge in [-0.3, -0.25) is 4.98 Å². The zero-order valence-corrected chi connectivity index (χ0v) is 20.2. The molecule has 0 fully saturated rings. The van der Waals surface area contributed by atoms with E-state index in [9.17, 15) is 9.35 Å². The van der Waals surface area contributed by atoms with Gasteiger partial charge in [0.05, 0.1) is 30.9 Å². The molecule has 2 aromatic carbocycles. The van der Waals surface area contributed by atoms with Crippen molar-refractivity contribution >= 4 is 28.3 Å². The van der Waals surface area contributed by atoms with Crippen LogP contribution >= 0.6 is 0 Å². The van der Waals surface area contributed by atoms with Crippen molar-refractivity contribution in [3.8, 4) is 11.5 Å². The largest absolute Gasteiger partial charge is 0.609 e. The topological polar surface area (TPSA) is 98.5 Å². The minimum atomic E-state index is -1.69. The molecule has 4 rings (SSSR count). The third-order valence-electron chi connectivity index (χ3n) is 5.44. The Morgan fingerprint density at radius 1 is 1.09 bits per heavy atom. The van der Waals surface area contributed by atoms with E-state index in [-0.39, 0.29) is 17.5 Å². The highest BCUT2D eigenvalue weighted by molar-refractivity contribution is 7.90. The van der Waals surface area contributed by atoms with Gasteiger partial charge in [-0.25, -0.2) is 4.79 Å². The van der Waals surface area contributed by atoms with Crippen LogP contribution in [0.4, 0.5) is 4.79 Å². The van der Waals surface area contributed by atoms with Crippen LogP contribution in [0.3, 0.4) is 0 Å². The zero-order chi connectivity index (χ0) is 24.2. The number of carbonyl (C=O) groups excluding carboxylic acids is 1. The van der Waals surface area contributed by atoms with Gasteiger partial charge in [0.25, 0.3) is 0 Å². The summed E-state index contributed by atoms with van der Waals surface area (Å²) in [5, 5.41) is 0.0852. The fourth-order valence-electron chi connectivity index (χ4n) is 3.68. The quantitative estimate of drug-likeness (QED) is 0.358. The van der Waals surface area contributed by atoms with E-state index in [1.165, 1.54) is 11.7 Å². The summed E-state index contributed by atoms with van der Waals surface area (Å²) in [4.78, 5) is 22.1. The van der Waals surface area contributed by atoms with Crippen LogP contribution < -0.4 is 9.47 Å². The van der Waals surface area contributed by atoms with Crippen LogP contribution in [0.25, 0.3) is 11.0 Å². The number of carbonyl (C=O) groups is 1. The first-order valence-corrected chi connectivity index (χ1v) is 11.9. The van der Waals surface area contributed by atoms with Gasteiger partial charge in [-0.1, -0.05) is 30.3 Å². The maximum atomic E-state index is 13.5. The lowest BCUT2D eigenvalue weighted by Gasteiger charge is -2.15. The van der Waals surface area contributed by atoms with Gasteiger partial charge in [0.1, 0.15) is 18.1 Å². The summed E-state index contributed by atoms with van der Waals surface area (Å²) in [6, 6.07) is 14.5. The number of ether oxygens (including phenoxy) is 3. The average Bonchev–Trinajstić information content (AvgIpc) is 3.24. The summed E-state index contributed by atoms with van der Waals surface area (Å²) in [5.74, 6) is 1.31. The number of hydrogen-bond donors (Lipinski definition) is 0. The minimum Gasteiger partial charge on any atom is -0.609 e. The number of fused-ring (bicyclic) bond motifs is 1. The van der Waals surface area contributed by atoms with Gasteiger partial charge in [0.2, 0.25) is 0 Å². The predicted octanol–water partition coefficient (Wildman–Crippen LogP) is 4.56. The fourth-order valence-corrected chi connectivity index (χ4v) is 4.92. The first-order valence-electron chi connectivity index (χ1n) is 10.6. The Bertz CT molecular complexity index is 1320. The highest BCUT2D eigenvalue weighted by Crippen LogP contribution is 2.29. The van der Waals surface area contributed by atoms with Crippen LogP contribution in [0.5, 0.6) is 11.5 Å². The van der Waals surface area contributed by atoms with Crippen molar-refractivity contribution in [2.24, 2.45) is 0 Å². The van der Waals surface area contributed by atoms with E-state index in [0.29, 0.717) is 28.2 Å². The smallest absolute Gasteiger partial charge is 0.424 e. The van der Waals surface area contributed by atoms with Crippen molar-refractivity contribution in [2.45, 2.75) is 31.4 Å². The molecule has 0 radical (unpaired) electrons. The molecular weight excluding hydrogens is 454 g/mol. The van der Waals surface area contributed by atoms with Crippen molar-refractivity contribution in [1.29, 1.82) is 0 Å². The number of aryl methyl sites for hydroxylation is 1. The van der Waals surface area contributed by atoms with Gasteiger partial charge in [-0.05, 0) is 31.5 Å². The van der Waals surface area contributed by atoms with Crippen LogP contribution in [-0.4, -0.2) is 39.4 Å². The Morgan fingerprint density at radius 3 is 2.56 bits per heavy atom. The number of methoxy groups -OCH3 is 2. The molecule has 2 heterocycles. The molecule has 176 valence electrons. The predicted molar refractivity (Wildman–Crippen MR) is 129 cm³/mol. The second-order valence-corrected chi connectivity index (χ2v) is 9.01. The Kier molecular flexibility index (Phi) is 7.04. The molecule has 0 aliphatic heterocycles. The van der Waals surface area contributed by atoms with Crippen molar-refractivity contribution < 1.29 is 23.6 Å². The van der Waals surface area contributed by atoms with Crippen molar-refractivity contribution in [3.63, 3.8) is 0 Å². The molecule has 34 heavy (non-hydrogen) atoms. The van der Waals surface area contributed by atoms with Crippen molar-refractivity contribution in [3.05, 3.63) is 77.1 Å². The van der Waals surface area contributed by atoms with Gasteiger partial charge in [0, 0.05) is 34.6 Å². The van der Waals surface area contributed by atoms with Crippen LogP contribution in [-0.2, 0) is 28.3 Å². The monoisotopic (exact) mass is 479 g/mol. The average molecular weight is 480 g/mol. The molecule has 0 amide bonds. The summed E-state index contributed by atoms with van der Waals surface area (Å²) in [7, 11) is 3.12. The van der Waals surface area contributed by atoms with Gasteiger partial charge >= 0.3 is 11.2 Å². The van der Waals surface area contributed by atoms with E-state index in [0.717, 1.165) is 16.7 Å². The summed E-state index contributed by atoms with van der Waals surface area (Å²) in [5.41, 5.74) is 4.09. The molecule has 1 atom stereocenters. The molecule has 0 saturated carbocycles. The standard InChI is InChI=1S/C25H25N3O5S/c1-16-13-26-21(17(2)23(16)32-4)15-34(30)24-27-20-11-10-19(31-3)12-22(20)28(24)25(29)33-14-18-8-6-5-7-9-18/h5-13H,14-15H2,1-4H3/t34-/m0/s1. The van der Waals surface area contributed by atoms with Gasteiger partial charge in [-0.2, -0.15) is 9.55 Å². The number of pyridine rings is 1. The molecule has 0 N–H and O–H groups in total. The van der Waals surface area contributed by atoms with Gasteiger partial charge < -0.3 is 18.8 Å². The Labute approximate surface area is 200 Å². The second kappa shape index (κ2) is 10.1. The zero-order valence-electron chi connectivity index (χ0n) is 19.4. The molecule has 0 spiro atoms. The minimum absolute atomic E-state index is 0.0644. The highest BCUT2D eigenvalue weighted by Gasteiger charge is 2.29. The van der Waals surface area contributed by atoms with Crippen LogP contribution in [0.15, 0.2) is 59.9 Å². The number of nitrogens with zero attached hydrogens (tertiary/aromatic N) is 3. The van der Waals surface area contributed by atoms with E-state index < -0.39 is 17.3 Å². The molecular formula is C25H25N3O5S. The molecule has 4 aromatic rings. The van der Waals surface area contributed by atoms with Crippen LogP contribution in [0.2, 0.25) is 0 Å². The number of aromatic nitrogens is 3. The molecule has 9 heteroatoms. The number of hydrogen-bond acceptors (Lipinski definition) is 7. The van der Waals surface area contributed by atoms with Gasteiger partial charge in [0.15, 0.2) is 5.75 Å². The van der Waals surface area contributed by atoms with Crippen LogP contribution in [0.1, 0.15) is 22.4 Å². The lowest BCUT2D eigenvalue weighted by atomic mass is 10.1. The van der Waals surface area contributed by atoms with E-state index >= 15 is 0 Å². The summed E-state index contributed by atoms with van der Waals surface area (Å²) >= 11 is -1.69.